The Labute approximate surface area is 227 Å². The van der Waals surface area contributed by atoms with Crippen molar-refractivity contribution in [2.24, 2.45) is 0 Å². The predicted molar refractivity (Wildman–Crippen MR) is 139 cm³/mol. The Morgan fingerprint density at radius 2 is 1.82 bits per heavy atom. The van der Waals surface area contributed by atoms with Crippen molar-refractivity contribution in [3.63, 3.8) is 0 Å². The van der Waals surface area contributed by atoms with Crippen LogP contribution in [-0.4, -0.2) is 66.2 Å². The van der Waals surface area contributed by atoms with E-state index in [2.05, 4.69) is 10.6 Å². The van der Waals surface area contributed by atoms with Gasteiger partial charge in [0.1, 0.15) is 18.9 Å². The topological polar surface area (TPSA) is 156 Å². The Morgan fingerprint density at radius 3 is 2.42 bits per heavy atom. The smallest absolute Gasteiger partial charge is 0.305 e. The molecule has 14 heteroatoms. The number of rotatable bonds is 9. The highest BCUT2D eigenvalue weighted by Crippen LogP contribution is 2.33. The highest BCUT2D eigenvalue weighted by molar-refractivity contribution is 6.49. The summed E-state index contributed by atoms with van der Waals surface area (Å²) < 4.78 is 0.763. The Hall–Kier alpha value is -4.16. The van der Waals surface area contributed by atoms with Gasteiger partial charge in [-0.2, -0.15) is 3.94 Å². The minimum Gasteiger partial charge on any atom is -0.481 e. The van der Waals surface area contributed by atoms with Crippen molar-refractivity contribution in [2.75, 3.05) is 26.8 Å². The second-order valence-electron chi connectivity index (χ2n) is 8.26. The van der Waals surface area contributed by atoms with Crippen LogP contribution >= 0.6 is 23.6 Å². The molecule has 3 N–H and O–H groups in total. The number of hydrogen-bond donors (Lipinski definition) is 3. The van der Waals surface area contributed by atoms with Crippen molar-refractivity contribution in [1.29, 1.82) is 0 Å². The van der Waals surface area contributed by atoms with E-state index < -0.39 is 54.6 Å². The van der Waals surface area contributed by atoms with Gasteiger partial charge in [0.2, 0.25) is 11.8 Å². The summed E-state index contributed by atoms with van der Waals surface area (Å²) in [6, 6.07) is 9.71. The monoisotopic (exact) mass is 563 g/mol. The lowest BCUT2D eigenvalue weighted by molar-refractivity contribution is -0.139. The van der Waals surface area contributed by atoms with Gasteiger partial charge in [0.25, 0.3) is 11.8 Å². The number of carboxylic acids is 1. The van der Waals surface area contributed by atoms with Gasteiger partial charge >= 0.3 is 5.97 Å². The van der Waals surface area contributed by atoms with E-state index in [1.54, 1.807) is 24.3 Å². The van der Waals surface area contributed by atoms with Gasteiger partial charge in [-0.25, -0.2) is 0 Å². The lowest BCUT2D eigenvalue weighted by atomic mass is 10.1. The Kier molecular flexibility index (Phi) is 9.26. The molecular weight excluding hydrogens is 541 g/mol. The Morgan fingerprint density at radius 1 is 1.13 bits per heavy atom. The highest BCUT2D eigenvalue weighted by atomic mass is 35.5. The number of amides is 4. The van der Waals surface area contributed by atoms with Gasteiger partial charge < -0.3 is 25.4 Å². The summed E-state index contributed by atoms with van der Waals surface area (Å²) in [5.41, 5.74) is 0.958. The minimum absolute atomic E-state index is 0.129. The predicted octanol–water partition coefficient (Wildman–Crippen LogP) is 1.46. The summed E-state index contributed by atoms with van der Waals surface area (Å²) in [5, 5.41) is 13.8. The number of carboxylic acid groups (broad SMARTS) is 1. The molecular formula is C24H23Cl2N5O7. The van der Waals surface area contributed by atoms with Crippen molar-refractivity contribution in [2.45, 2.75) is 25.4 Å². The number of nitrogens with one attached hydrogen (secondary N) is 2. The molecule has 2 aromatic carbocycles. The molecule has 0 unspecified atom stereocenters. The molecule has 0 aromatic heterocycles. The second kappa shape index (κ2) is 12.4. The first-order chi connectivity index (χ1) is 18.0. The zero-order chi connectivity index (χ0) is 28.0. The van der Waals surface area contributed by atoms with Crippen LogP contribution < -0.4 is 24.4 Å². The molecule has 0 radical (unpaired) electrons. The van der Waals surface area contributed by atoms with Crippen molar-refractivity contribution in [3.8, 4) is 0 Å². The standard InChI is InChI=1S/C24H23Cl2N5O7/c1-14(33)29-11-18(28-23(37)15-5-4-6-17(9-15)31(25)26)24(38)30(20-8-3-2-7-19(20)29)12-21(34)27-16(13-32)10-22(35)36/h2-9,13,16,18H,10-12H2,1H3,(H,27,34)(H,28,37)(H,35,36)/t16-,18-/m0/s1. The molecule has 1 aliphatic rings. The largest absolute Gasteiger partial charge is 0.481 e. The third-order valence-electron chi connectivity index (χ3n) is 5.59. The molecule has 0 fully saturated rings. The molecule has 0 bridgehead atoms. The summed E-state index contributed by atoms with van der Waals surface area (Å²) in [6.07, 6.45) is -0.362. The molecule has 0 aliphatic carbocycles. The molecule has 1 aliphatic heterocycles. The van der Waals surface area contributed by atoms with E-state index in [0.29, 0.717) is 11.4 Å². The van der Waals surface area contributed by atoms with Crippen LogP contribution in [0.15, 0.2) is 48.5 Å². The van der Waals surface area contributed by atoms with E-state index in [1.165, 1.54) is 36.1 Å². The van der Waals surface area contributed by atoms with E-state index in [9.17, 15) is 28.8 Å². The number of para-hydroxylation sites is 2. The second-order valence-corrected chi connectivity index (χ2v) is 9.11. The first kappa shape index (κ1) is 28.4. The van der Waals surface area contributed by atoms with Gasteiger partial charge in [-0.1, -0.05) is 18.2 Å². The van der Waals surface area contributed by atoms with Crippen molar-refractivity contribution < 1.29 is 33.9 Å². The molecule has 38 heavy (non-hydrogen) atoms. The van der Waals surface area contributed by atoms with Crippen LogP contribution in [0, 0.1) is 0 Å². The number of nitrogens with zero attached hydrogens (tertiary/aromatic N) is 3. The molecule has 2 aromatic rings. The summed E-state index contributed by atoms with van der Waals surface area (Å²) in [6.45, 7) is 0.449. The van der Waals surface area contributed by atoms with Crippen LogP contribution in [0.5, 0.6) is 0 Å². The molecule has 4 amide bonds. The molecule has 3 rings (SSSR count). The number of hydrogen-bond acceptors (Lipinski definition) is 7. The number of carbonyl (C=O) groups is 6. The molecule has 0 saturated heterocycles. The van der Waals surface area contributed by atoms with E-state index in [-0.39, 0.29) is 24.1 Å². The average molecular weight is 564 g/mol. The maximum Gasteiger partial charge on any atom is 0.305 e. The summed E-state index contributed by atoms with van der Waals surface area (Å²) >= 11 is 11.5. The number of aldehydes is 1. The molecule has 0 saturated carbocycles. The van der Waals surface area contributed by atoms with E-state index in [4.69, 9.17) is 28.7 Å². The van der Waals surface area contributed by atoms with Gasteiger partial charge in [0.15, 0.2) is 0 Å². The van der Waals surface area contributed by atoms with E-state index >= 15 is 0 Å². The SMILES string of the molecule is CC(=O)N1C[C@H](NC(=O)c2cccc(N(Cl)Cl)c2)C(=O)N(CC(=O)N[C@H](C=O)CC(=O)O)c2ccccc21. The molecule has 2 atom stereocenters. The van der Waals surface area contributed by atoms with E-state index in [0.717, 1.165) is 8.84 Å². The summed E-state index contributed by atoms with van der Waals surface area (Å²) in [4.78, 5) is 76.5. The van der Waals surface area contributed by atoms with Gasteiger partial charge in [0.05, 0.1) is 36.1 Å². The summed E-state index contributed by atoms with van der Waals surface area (Å²) in [5.74, 6) is -3.90. The number of halogens is 2. The average Bonchev–Trinajstić information content (AvgIpc) is 2.98. The quantitative estimate of drug-likeness (QED) is 0.305. The fourth-order valence-electron chi connectivity index (χ4n) is 3.87. The maximum atomic E-state index is 13.7. The lowest BCUT2D eigenvalue weighted by Crippen LogP contribution is -2.54. The fourth-order valence-corrected chi connectivity index (χ4v) is 4.08. The fraction of sp³-hybridized carbons (Fsp3) is 0.250. The molecule has 1 heterocycles. The normalized spacial score (nSPS) is 15.6. The summed E-state index contributed by atoms with van der Waals surface area (Å²) in [7, 11) is 0. The third-order valence-corrected chi connectivity index (χ3v) is 5.98. The Balaban J connectivity index is 1.94. The van der Waals surface area contributed by atoms with Crippen LogP contribution in [0.2, 0.25) is 0 Å². The zero-order valence-electron chi connectivity index (χ0n) is 20.0. The van der Waals surface area contributed by atoms with Crippen LogP contribution in [0.4, 0.5) is 17.1 Å². The number of aliphatic carboxylic acids is 1. The number of fused-ring (bicyclic) bond motifs is 1. The number of anilines is 3. The van der Waals surface area contributed by atoms with Crippen molar-refractivity contribution in [1.82, 2.24) is 10.6 Å². The zero-order valence-corrected chi connectivity index (χ0v) is 21.5. The third kappa shape index (κ3) is 6.78. The van der Waals surface area contributed by atoms with Crippen LogP contribution in [0.3, 0.4) is 0 Å². The van der Waals surface area contributed by atoms with Gasteiger partial charge in [-0.3, -0.25) is 28.9 Å². The van der Waals surface area contributed by atoms with Crippen molar-refractivity contribution in [3.05, 3.63) is 54.1 Å². The highest BCUT2D eigenvalue weighted by Gasteiger charge is 2.37. The number of carbonyl (C=O) groups excluding carboxylic acids is 5. The first-order valence-electron chi connectivity index (χ1n) is 11.2. The lowest BCUT2D eigenvalue weighted by Gasteiger charge is -2.25. The Bertz CT molecular complexity index is 1270. The van der Waals surface area contributed by atoms with Gasteiger partial charge in [-0.05, 0) is 30.3 Å². The minimum atomic E-state index is -1.31. The van der Waals surface area contributed by atoms with Gasteiger partial charge in [-0.15, -0.1) is 0 Å². The number of benzene rings is 2. The molecule has 0 spiro atoms. The van der Waals surface area contributed by atoms with Crippen LogP contribution in [0.25, 0.3) is 0 Å². The van der Waals surface area contributed by atoms with Crippen LogP contribution in [-0.2, 0) is 24.0 Å². The maximum absolute atomic E-state index is 13.7. The van der Waals surface area contributed by atoms with Gasteiger partial charge in [0, 0.05) is 36.0 Å². The van der Waals surface area contributed by atoms with Crippen LogP contribution in [0.1, 0.15) is 23.7 Å². The van der Waals surface area contributed by atoms with E-state index in [1.807, 2.05) is 0 Å². The molecule has 200 valence electrons. The van der Waals surface area contributed by atoms with Crippen molar-refractivity contribution >= 4 is 76.5 Å². The molecule has 12 nitrogen and oxygen atoms in total. The first-order valence-corrected chi connectivity index (χ1v) is 11.9.